The van der Waals surface area contributed by atoms with Gasteiger partial charge in [-0.2, -0.15) is 0 Å². The molecule has 1 aromatic rings. The zero-order valence-electron chi connectivity index (χ0n) is 11.2. The van der Waals surface area contributed by atoms with Gasteiger partial charge in [0.2, 0.25) is 15.9 Å². The van der Waals surface area contributed by atoms with E-state index in [0.29, 0.717) is 5.56 Å². The third kappa shape index (κ3) is 4.55. The summed E-state index contributed by atoms with van der Waals surface area (Å²) in [5, 5.41) is 0. The summed E-state index contributed by atoms with van der Waals surface area (Å²) in [4.78, 5) is 11.2. The van der Waals surface area contributed by atoms with Crippen LogP contribution in [0.25, 0.3) is 0 Å². The molecule has 0 aliphatic heterocycles. The average Bonchev–Trinajstić information content (AvgIpc) is 2.25. The van der Waals surface area contributed by atoms with Crippen LogP contribution in [0.3, 0.4) is 0 Å². The molecule has 8 heteroatoms. The van der Waals surface area contributed by atoms with Gasteiger partial charge >= 0.3 is 0 Å². The van der Waals surface area contributed by atoms with Gasteiger partial charge in [-0.1, -0.05) is 24.4 Å². The molecule has 0 fully saturated rings. The number of thiocarbonyl (C=S) groups is 1. The SMILES string of the molecule is CC(C)(CC(N)=O)NS(=O)(=O)c1ccc(C(N)=S)cc1. The fourth-order valence-electron chi connectivity index (χ4n) is 1.69. The Kier molecular flexibility index (Phi) is 4.85. The molecule has 6 nitrogen and oxygen atoms in total. The summed E-state index contributed by atoms with van der Waals surface area (Å²) in [6.07, 6.45) is -0.100. The van der Waals surface area contributed by atoms with Gasteiger partial charge in [0.15, 0.2) is 0 Å². The lowest BCUT2D eigenvalue weighted by Gasteiger charge is -2.24. The maximum absolute atomic E-state index is 12.2. The van der Waals surface area contributed by atoms with E-state index in [9.17, 15) is 13.2 Å². The second-order valence-corrected chi connectivity index (χ2v) is 7.14. The van der Waals surface area contributed by atoms with Crippen molar-refractivity contribution in [3.8, 4) is 0 Å². The predicted molar refractivity (Wildman–Crippen MR) is 80.5 cm³/mol. The predicted octanol–water partition coefficient (Wildman–Crippen LogP) is 0.253. The van der Waals surface area contributed by atoms with Crippen LogP contribution in [0.4, 0.5) is 0 Å². The topological polar surface area (TPSA) is 115 Å². The minimum atomic E-state index is -3.75. The standard InChI is InChI=1S/C12H17N3O3S2/c1-12(2,7-10(13)16)15-20(17,18)9-5-3-8(4-6-9)11(14)19/h3-6,15H,7H2,1-2H3,(H2,13,16)(H2,14,19). The van der Waals surface area contributed by atoms with Crippen molar-refractivity contribution in [3.05, 3.63) is 29.8 Å². The zero-order chi connectivity index (χ0) is 15.6. The third-order valence-corrected chi connectivity index (χ3v) is 4.43. The normalized spacial score (nSPS) is 12.1. The number of nitrogens with two attached hydrogens (primary N) is 2. The van der Waals surface area contributed by atoms with Gasteiger partial charge in [-0.25, -0.2) is 13.1 Å². The molecule has 0 radical (unpaired) electrons. The molecule has 1 amide bonds. The summed E-state index contributed by atoms with van der Waals surface area (Å²) in [5.41, 5.74) is 10.1. The maximum atomic E-state index is 12.2. The van der Waals surface area contributed by atoms with Crippen LogP contribution in [-0.2, 0) is 14.8 Å². The first-order chi connectivity index (χ1) is 9.03. The first-order valence-corrected chi connectivity index (χ1v) is 7.65. The van der Waals surface area contributed by atoms with Crippen LogP contribution in [0.5, 0.6) is 0 Å². The summed E-state index contributed by atoms with van der Waals surface area (Å²) >= 11 is 4.80. The zero-order valence-corrected chi connectivity index (χ0v) is 12.8. The first kappa shape index (κ1) is 16.5. The lowest BCUT2D eigenvalue weighted by atomic mass is 10.0. The number of hydrogen-bond donors (Lipinski definition) is 3. The lowest BCUT2D eigenvalue weighted by Crippen LogP contribution is -2.45. The molecular weight excluding hydrogens is 298 g/mol. The molecule has 5 N–H and O–H groups in total. The minimum absolute atomic E-state index is 0.0649. The number of amides is 1. The van der Waals surface area contributed by atoms with Crippen molar-refractivity contribution in [1.82, 2.24) is 4.72 Å². The van der Waals surface area contributed by atoms with Crippen LogP contribution in [-0.4, -0.2) is 24.9 Å². The minimum Gasteiger partial charge on any atom is -0.389 e. The van der Waals surface area contributed by atoms with Crippen LogP contribution < -0.4 is 16.2 Å². The average molecular weight is 315 g/mol. The van der Waals surface area contributed by atoms with Gasteiger partial charge in [0, 0.05) is 17.5 Å². The largest absolute Gasteiger partial charge is 0.389 e. The van der Waals surface area contributed by atoms with E-state index in [2.05, 4.69) is 4.72 Å². The molecule has 0 spiro atoms. The van der Waals surface area contributed by atoms with Crippen molar-refractivity contribution in [1.29, 1.82) is 0 Å². The van der Waals surface area contributed by atoms with Crippen LogP contribution in [0.15, 0.2) is 29.2 Å². The monoisotopic (exact) mass is 315 g/mol. The van der Waals surface area contributed by atoms with Gasteiger partial charge in [-0.15, -0.1) is 0 Å². The Balaban J connectivity index is 2.99. The van der Waals surface area contributed by atoms with Crippen LogP contribution in [0.1, 0.15) is 25.8 Å². The van der Waals surface area contributed by atoms with Crippen molar-refractivity contribution in [2.75, 3.05) is 0 Å². The molecule has 0 aliphatic rings. The van der Waals surface area contributed by atoms with E-state index in [0.717, 1.165) is 0 Å². The van der Waals surface area contributed by atoms with E-state index in [1.54, 1.807) is 13.8 Å². The quantitative estimate of drug-likeness (QED) is 0.651. The Morgan fingerprint density at radius 1 is 1.25 bits per heavy atom. The lowest BCUT2D eigenvalue weighted by molar-refractivity contribution is -0.119. The summed E-state index contributed by atoms with van der Waals surface area (Å²) in [5.74, 6) is -0.582. The Labute approximate surface area is 123 Å². The van der Waals surface area contributed by atoms with Crippen molar-refractivity contribution in [2.45, 2.75) is 30.7 Å². The highest BCUT2D eigenvalue weighted by Gasteiger charge is 2.27. The Morgan fingerprint density at radius 3 is 2.15 bits per heavy atom. The number of nitrogens with one attached hydrogen (secondary N) is 1. The first-order valence-electron chi connectivity index (χ1n) is 5.76. The number of carbonyl (C=O) groups is 1. The van der Waals surface area contributed by atoms with Crippen LogP contribution in [0, 0.1) is 0 Å². The molecule has 0 heterocycles. The van der Waals surface area contributed by atoms with Gasteiger partial charge in [-0.05, 0) is 26.0 Å². The number of carbonyl (C=O) groups excluding carboxylic acids is 1. The van der Waals surface area contributed by atoms with Gasteiger partial charge < -0.3 is 11.5 Å². The van der Waals surface area contributed by atoms with Crippen molar-refractivity contribution in [3.63, 3.8) is 0 Å². The van der Waals surface area contributed by atoms with Crippen molar-refractivity contribution in [2.24, 2.45) is 11.5 Å². The van der Waals surface area contributed by atoms with E-state index >= 15 is 0 Å². The second-order valence-electron chi connectivity index (χ2n) is 5.02. The van der Waals surface area contributed by atoms with E-state index in [1.807, 2.05) is 0 Å². The molecule has 0 atom stereocenters. The highest BCUT2D eigenvalue weighted by atomic mass is 32.2. The maximum Gasteiger partial charge on any atom is 0.241 e. The fourth-order valence-corrected chi connectivity index (χ4v) is 3.24. The number of sulfonamides is 1. The molecule has 0 saturated carbocycles. The molecule has 0 saturated heterocycles. The molecule has 0 bridgehead atoms. The van der Waals surface area contributed by atoms with Gasteiger partial charge in [0.1, 0.15) is 4.99 Å². The van der Waals surface area contributed by atoms with Crippen molar-refractivity contribution >= 4 is 33.1 Å². The molecule has 0 aromatic heterocycles. The molecular formula is C12H17N3O3S2. The second kappa shape index (κ2) is 5.86. The Hall–Kier alpha value is -1.51. The third-order valence-electron chi connectivity index (χ3n) is 2.48. The van der Waals surface area contributed by atoms with Crippen LogP contribution in [0.2, 0.25) is 0 Å². The number of hydrogen-bond acceptors (Lipinski definition) is 4. The molecule has 20 heavy (non-hydrogen) atoms. The molecule has 0 unspecified atom stereocenters. The fraction of sp³-hybridized carbons (Fsp3) is 0.333. The molecule has 1 rings (SSSR count). The van der Waals surface area contributed by atoms with E-state index < -0.39 is 21.5 Å². The number of benzene rings is 1. The van der Waals surface area contributed by atoms with E-state index in [-0.39, 0.29) is 16.3 Å². The summed E-state index contributed by atoms with van der Waals surface area (Å²) in [6, 6.07) is 5.85. The van der Waals surface area contributed by atoms with Crippen molar-refractivity contribution < 1.29 is 13.2 Å². The van der Waals surface area contributed by atoms with Crippen LogP contribution >= 0.6 is 12.2 Å². The molecule has 0 aliphatic carbocycles. The summed E-state index contributed by atoms with van der Waals surface area (Å²) in [7, 11) is -3.75. The molecule has 1 aromatic carbocycles. The highest BCUT2D eigenvalue weighted by Crippen LogP contribution is 2.16. The summed E-state index contributed by atoms with van der Waals surface area (Å²) < 4.78 is 26.8. The number of primary amides is 1. The Bertz CT molecular complexity index is 622. The van der Waals surface area contributed by atoms with Gasteiger partial charge in [0.05, 0.1) is 4.90 Å². The Morgan fingerprint density at radius 2 is 1.75 bits per heavy atom. The highest BCUT2D eigenvalue weighted by molar-refractivity contribution is 7.89. The number of rotatable bonds is 6. The van der Waals surface area contributed by atoms with E-state index in [4.69, 9.17) is 23.7 Å². The smallest absolute Gasteiger partial charge is 0.241 e. The summed E-state index contributed by atoms with van der Waals surface area (Å²) in [6.45, 7) is 3.16. The van der Waals surface area contributed by atoms with E-state index in [1.165, 1.54) is 24.3 Å². The van der Waals surface area contributed by atoms with Gasteiger partial charge in [0.25, 0.3) is 0 Å². The molecule has 110 valence electrons. The van der Waals surface area contributed by atoms with Gasteiger partial charge in [-0.3, -0.25) is 4.79 Å².